The van der Waals surface area contributed by atoms with Crippen molar-refractivity contribution in [3.63, 3.8) is 0 Å². The van der Waals surface area contributed by atoms with Crippen molar-refractivity contribution in [2.24, 2.45) is 0 Å². The van der Waals surface area contributed by atoms with Gasteiger partial charge in [0.2, 0.25) is 0 Å². The zero-order valence-electron chi connectivity index (χ0n) is 9.02. The average Bonchev–Trinajstić information content (AvgIpc) is 2.83. The van der Waals surface area contributed by atoms with Crippen LogP contribution in [0.4, 0.5) is 0 Å². The first-order valence-electron chi connectivity index (χ1n) is 5.31. The fraction of sp³-hybridized carbons (Fsp3) is 0.250. The number of imidazole rings is 1. The number of benzene rings is 1. The highest BCUT2D eigenvalue weighted by atomic mass is 32.2. The number of H-pyrrole nitrogens is 1. The van der Waals surface area contributed by atoms with Gasteiger partial charge in [-0.05, 0) is 12.1 Å². The molecule has 1 aromatic heterocycles. The predicted molar refractivity (Wildman–Crippen MR) is 67.5 cm³/mol. The summed E-state index contributed by atoms with van der Waals surface area (Å²) in [5.41, 5.74) is 1.13. The van der Waals surface area contributed by atoms with Gasteiger partial charge in [-0.15, -0.1) is 11.8 Å². The minimum atomic E-state index is 0.856. The molecular formula is C12H15N3S. The molecule has 0 fully saturated rings. The molecule has 0 bridgehead atoms. The third kappa shape index (κ3) is 3.72. The Balaban J connectivity index is 1.59. The van der Waals surface area contributed by atoms with Crippen LogP contribution in [0.5, 0.6) is 0 Å². The van der Waals surface area contributed by atoms with Crippen molar-refractivity contribution in [3.8, 4) is 0 Å². The SMILES string of the molecule is c1ccc(SCCNCc2cnc[nH]2)cc1. The maximum absolute atomic E-state index is 3.97. The summed E-state index contributed by atoms with van der Waals surface area (Å²) in [5, 5.41) is 3.37. The van der Waals surface area contributed by atoms with Gasteiger partial charge in [-0.25, -0.2) is 4.98 Å². The number of hydrogen-bond donors (Lipinski definition) is 2. The molecule has 1 heterocycles. The fourth-order valence-electron chi connectivity index (χ4n) is 1.36. The second kappa shape index (κ2) is 6.35. The highest BCUT2D eigenvalue weighted by Crippen LogP contribution is 2.15. The molecular weight excluding hydrogens is 218 g/mol. The molecule has 0 saturated heterocycles. The van der Waals surface area contributed by atoms with Crippen LogP contribution in [0.15, 0.2) is 47.8 Å². The number of aromatic amines is 1. The van der Waals surface area contributed by atoms with Gasteiger partial charge in [0.1, 0.15) is 0 Å². The molecule has 0 saturated carbocycles. The van der Waals surface area contributed by atoms with E-state index in [1.54, 1.807) is 6.33 Å². The highest BCUT2D eigenvalue weighted by molar-refractivity contribution is 7.99. The summed E-state index contributed by atoms with van der Waals surface area (Å²) < 4.78 is 0. The van der Waals surface area contributed by atoms with E-state index in [4.69, 9.17) is 0 Å². The minimum Gasteiger partial charge on any atom is -0.347 e. The van der Waals surface area contributed by atoms with Gasteiger partial charge in [-0.2, -0.15) is 0 Å². The summed E-state index contributed by atoms with van der Waals surface area (Å²) in [4.78, 5) is 8.36. The lowest BCUT2D eigenvalue weighted by Crippen LogP contribution is -2.16. The predicted octanol–water partition coefficient (Wildman–Crippen LogP) is 2.29. The van der Waals surface area contributed by atoms with E-state index in [2.05, 4.69) is 39.6 Å². The van der Waals surface area contributed by atoms with Crippen LogP contribution in [0.2, 0.25) is 0 Å². The van der Waals surface area contributed by atoms with Gasteiger partial charge in [0.25, 0.3) is 0 Å². The molecule has 0 unspecified atom stereocenters. The van der Waals surface area contributed by atoms with Gasteiger partial charge in [0.05, 0.1) is 6.33 Å². The van der Waals surface area contributed by atoms with E-state index in [9.17, 15) is 0 Å². The molecule has 3 nitrogen and oxygen atoms in total. The number of nitrogens with zero attached hydrogens (tertiary/aromatic N) is 1. The monoisotopic (exact) mass is 233 g/mol. The molecule has 2 rings (SSSR count). The van der Waals surface area contributed by atoms with Crippen molar-refractivity contribution in [2.45, 2.75) is 11.4 Å². The van der Waals surface area contributed by atoms with Crippen LogP contribution >= 0.6 is 11.8 Å². The van der Waals surface area contributed by atoms with E-state index >= 15 is 0 Å². The van der Waals surface area contributed by atoms with Crippen molar-refractivity contribution >= 4 is 11.8 Å². The first kappa shape index (κ1) is 11.2. The van der Waals surface area contributed by atoms with Gasteiger partial charge >= 0.3 is 0 Å². The zero-order chi connectivity index (χ0) is 11.1. The number of nitrogens with one attached hydrogen (secondary N) is 2. The summed E-state index contributed by atoms with van der Waals surface area (Å²) in [6.07, 6.45) is 3.55. The van der Waals surface area contributed by atoms with Crippen molar-refractivity contribution in [1.82, 2.24) is 15.3 Å². The van der Waals surface area contributed by atoms with Gasteiger partial charge in [0.15, 0.2) is 0 Å². The van der Waals surface area contributed by atoms with E-state index < -0.39 is 0 Å². The second-order valence-electron chi connectivity index (χ2n) is 3.42. The molecule has 2 N–H and O–H groups in total. The standard InChI is InChI=1S/C12H15N3S/c1-2-4-12(5-3-1)16-7-6-13-8-11-9-14-10-15-11/h1-5,9-10,13H,6-8H2,(H,14,15). The number of aromatic nitrogens is 2. The van der Waals surface area contributed by atoms with Gasteiger partial charge in [-0.3, -0.25) is 0 Å². The zero-order valence-corrected chi connectivity index (χ0v) is 9.83. The lowest BCUT2D eigenvalue weighted by Gasteiger charge is -2.03. The number of thioether (sulfide) groups is 1. The normalized spacial score (nSPS) is 10.5. The van der Waals surface area contributed by atoms with Crippen LogP contribution in [-0.2, 0) is 6.54 Å². The van der Waals surface area contributed by atoms with Crippen LogP contribution in [0.3, 0.4) is 0 Å². The van der Waals surface area contributed by atoms with Gasteiger partial charge in [0, 0.05) is 35.6 Å². The molecule has 0 radical (unpaired) electrons. The Morgan fingerprint density at radius 2 is 2.12 bits per heavy atom. The molecule has 1 aromatic carbocycles. The third-order valence-corrected chi connectivity index (χ3v) is 3.17. The highest BCUT2D eigenvalue weighted by Gasteiger charge is 1.94. The first-order chi connectivity index (χ1) is 7.95. The van der Waals surface area contributed by atoms with Crippen molar-refractivity contribution in [2.75, 3.05) is 12.3 Å². The Hall–Kier alpha value is -1.26. The molecule has 0 aliphatic carbocycles. The Labute approximate surface area is 99.7 Å². The molecule has 0 aliphatic rings. The van der Waals surface area contributed by atoms with Crippen molar-refractivity contribution in [1.29, 1.82) is 0 Å². The van der Waals surface area contributed by atoms with Crippen LogP contribution in [0, 0.1) is 0 Å². The molecule has 4 heteroatoms. The van der Waals surface area contributed by atoms with E-state index in [1.165, 1.54) is 4.90 Å². The largest absolute Gasteiger partial charge is 0.347 e. The Kier molecular flexibility index (Phi) is 4.46. The average molecular weight is 233 g/mol. The molecule has 0 aliphatic heterocycles. The van der Waals surface area contributed by atoms with E-state index in [0.29, 0.717) is 0 Å². The van der Waals surface area contributed by atoms with Gasteiger partial charge < -0.3 is 10.3 Å². The summed E-state index contributed by atoms with van der Waals surface area (Å²) in [5.74, 6) is 1.08. The molecule has 2 aromatic rings. The molecule has 0 amide bonds. The Morgan fingerprint density at radius 1 is 1.25 bits per heavy atom. The maximum Gasteiger partial charge on any atom is 0.0922 e. The first-order valence-corrected chi connectivity index (χ1v) is 6.29. The Morgan fingerprint density at radius 3 is 2.88 bits per heavy atom. The molecule has 16 heavy (non-hydrogen) atoms. The smallest absolute Gasteiger partial charge is 0.0922 e. The van der Waals surface area contributed by atoms with Crippen molar-refractivity contribution in [3.05, 3.63) is 48.5 Å². The molecule has 0 atom stereocenters. The van der Waals surface area contributed by atoms with Crippen LogP contribution < -0.4 is 5.32 Å². The van der Waals surface area contributed by atoms with Crippen LogP contribution in [0.1, 0.15) is 5.69 Å². The van der Waals surface area contributed by atoms with E-state index in [0.717, 1.165) is 24.5 Å². The van der Waals surface area contributed by atoms with E-state index in [-0.39, 0.29) is 0 Å². The van der Waals surface area contributed by atoms with Crippen molar-refractivity contribution < 1.29 is 0 Å². The molecule has 0 spiro atoms. The third-order valence-electron chi connectivity index (χ3n) is 2.16. The lowest BCUT2D eigenvalue weighted by atomic mass is 10.4. The van der Waals surface area contributed by atoms with Crippen LogP contribution in [0.25, 0.3) is 0 Å². The van der Waals surface area contributed by atoms with Crippen LogP contribution in [-0.4, -0.2) is 22.3 Å². The Bertz CT molecular complexity index is 386. The quantitative estimate of drug-likeness (QED) is 0.594. The second-order valence-corrected chi connectivity index (χ2v) is 4.58. The number of rotatable bonds is 6. The summed E-state index contributed by atoms with van der Waals surface area (Å²) in [7, 11) is 0. The lowest BCUT2D eigenvalue weighted by molar-refractivity contribution is 0.719. The summed E-state index contributed by atoms with van der Waals surface area (Å²) >= 11 is 1.87. The maximum atomic E-state index is 3.97. The minimum absolute atomic E-state index is 0.856. The topological polar surface area (TPSA) is 40.7 Å². The molecule has 84 valence electrons. The van der Waals surface area contributed by atoms with Gasteiger partial charge in [-0.1, -0.05) is 18.2 Å². The van der Waals surface area contributed by atoms with E-state index in [1.807, 2.05) is 24.0 Å². The fourth-order valence-corrected chi connectivity index (χ4v) is 2.19. The summed E-state index contributed by atoms with van der Waals surface area (Å²) in [6, 6.07) is 10.5. The summed E-state index contributed by atoms with van der Waals surface area (Å²) in [6.45, 7) is 1.86. The number of hydrogen-bond acceptors (Lipinski definition) is 3.